The van der Waals surface area contributed by atoms with E-state index in [4.69, 9.17) is 16.3 Å². The number of benzene rings is 3. The molecule has 0 saturated carbocycles. The van der Waals surface area contributed by atoms with Gasteiger partial charge in [-0.3, -0.25) is 14.2 Å². The summed E-state index contributed by atoms with van der Waals surface area (Å²) in [6, 6.07) is 20.1. The molecule has 0 bridgehead atoms. The Kier molecular flexibility index (Phi) is 9.43. The smallest absolute Gasteiger partial charge is 0.253 e. The number of nitrogens with zero attached hydrogens (tertiary/aromatic N) is 3. The first kappa shape index (κ1) is 27.7. The van der Waals surface area contributed by atoms with Gasteiger partial charge in [0.2, 0.25) is 5.91 Å². The minimum atomic E-state index is -0.343. The van der Waals surface area contributed by atoms with Crippen molar-refractivity contribution < 1.29 is 14.3 Å². The summed E-state index contributed by atoms with van der Waals surface area (Å²) in [5.41, 5.74) is 2.90. The maximum absolute atomic E-state index is 12.8. The van der Waals surface area contributed by atoms with Crippen LogP contribution in [0.2, 0.25) is 5.02 Å². The van der Waals surface area contributed by atoms with Gasteiger partial charge in [-0.15, -0.1) is 10.2 Å². The molecule has 1 aromatic heterocycles. The van der Waals surface area contributed by atoms with Crippen LogP contribution in [0.15, 0.2) is 76.4 Å². The van der Waals surface area contributed by atoms with Gasteiger partial charge in [0, 0.05) is 15.8 Å². The molecule has 0 atom stereocenters. The molecule has 3 aromatic carbocycles. The zero-order valence-electron chi connectivity index (χ0n) is 20.7. The molecule has 0 unspecified atom stereocenters. The maximum atomic E-state index is 12.8. The van der Waals surface area contributed by atoms with Gasteiger partial charge in [0.15, 0.2) is 11.0 Å². The Bertz CT molecular complexity index is 1450. The van der Waals surface area contributed by atoms with Gasteiger partial charge in [0.05, 0.1) is 29.5 Å². The van der Waals surface area contributed by atoms with E-state index >= 15 is 0 Å². The molecule has 0 spiro atoms. The number of anilines is 1. The summed E-state index contributed by atoms with van der Waals surface area (Å²) in [6.45, 7) is 4.54. The molecule has 0 aliphatic heterocycles. The number of aromatic nitrogens is 3. The molecule has 0 fully saturated rings. The number of hydrogen-bond acceptors (Lipinski definition) is 6. The number of nitrogens with one attached hydrogen (secondary N) is 2. The highest BCUT2D eigenvalue weighted by atomic mass is 79.9. The van der Waals surface area contributed by atoms with Crippen LogP contribution in [-0.4, -0.2) is 38.9 Å². The van der Waals surface area contributed by atoms with Gasteiger partial charge in [-0.2, -0.15) is 0 Å². The van der Waals surface area contributed by atoms with Crippen LogP contribution < -0.4 is 15.4 Å². The Balaban J connectivity index is 1.53. The fraction of sp³-hybridized carbons (Fsp3) is 0.185. The Hall–Kier alpha value is -3.34. The zero-order valence-corrected chi connectivity index (χ0v) is 23.9. The average molecular weight is 615 g/mol. The van der Waals surface area contributed by atoms with Gasteiger partial charge in [0.1, 0.15) is 5.75 Å². The summed E-state index contributed by atoms with van der Waals surface area (Å²) < 4.78 is 8.11. The van der Waals surface area contributed by atoms with Crippen LogP contribution in [0.4, 0.5) is 5.69 Å². The summed E-state index contributed by atoms with van der Waals surface area (Å²) in [5, 5.41) is 15.2. The van der Waals surface area contributed by atoms with Crippen LogP contribution in [0.25, 0.3) is 5.69 Å². The van der Waals surface area contributed by atoms with E-state index in [9.17, 15) is 9.59 Å². The number of carbonyl (C=O) groups is 2. The predicted octanol–water partition coefficient (Wildman–Crippen LogP) is 6.05. The highest BCUT2D eigenvalue weighted by Crippen LogP contribution is 2.25. The Morgan fingerprint density at radius 3 is 2.61 bits per heavy atom. The van der Waals surface area contributed by atoms with Crippen LogP contribution in [0.1, 0.15) is 28.7 Å². The number of halogens is 2. The van der Waals surface area contributed by atoms with Gasteiger partial charge < -0.3 is 15.4 Å². The SMILES string of the molecule is CCOc1ccc(-n2c(CNC(=O)c3cc(Br)ccc3Cl)nnc2SCC(=O)Nc2cccc(C)c2)cc1. The van der Waals surface area contributed by atoms with E-state index in [-0.39, 0.29) is 24.1 Å². The summed E-state index contributed by atoms with van der Waals surface area (Å²) in [4.78, 5) is 25.4. The summed E-state index contributed by atoms with van der Waals surface area (Å²) in [7, 11) is 0. The van der Waals surface area contributed by atoms with Crippen LogP contribution in [0.5, 0.6) is 5.75 Å². The lowest BCUT2D eigenvalue weighted by Crippen LogP contribution is -2.25. The Labute approximate surface area is 238 Å². The highest BCUT2D eigenvalue weighted by molar-refractivity contribution is 9.10. The third kappa shape index (κ3) is 7.15. The van der Waals surface area contributed by atoms with Crippen molar-refractivity contribution in [2.75, 3.05) is 17.7 Å². The minimum absolute atomic E-state index is 0.0952. The molecule has 4 aromatic rings. The number of carbonyl (C=O) groups excluding carboxylic acids is 2. The molecule has 0 aliphatic carbocycles. The van der Waals surface area contributed by atoms with E-state index in [1.54, 1.807) is 18.2 Å². The normalized spacial score (nSPS) is 10.7. The van der Waals surface area contributed by atoms with Crippen LogP contribution in [0.3, 0.4) is 0 Å². The van der Waals surface area contributed by atoms with Gasteiger partial charge in [0.25, 0.3) is 5.91 Å². The fourth-order valence-corrected chi connectivity index (χ4v) is 4.94. The number of aryl methyl sites for hydroxylation is 1. The third-order valence-electron chi connectivity index (χ3n) is 5.32. The van der Waals surface area contributed by atoms with Gasteiger partial charge in [-0.25, -0.2) is 0 Å². The maximum Gasteiger partial charge on any atom is 0.253 e. The predicted molar refractivity (Wildman–Crippen MR) is 153 cm³/mol. The van der Waals surface area contributed by atoms with Gasteiger partial charge in [-0.05, 0) is 74.0 Å². The number of amides is 2. The van der Waals surface area contributed by atoms with Crippen molar-refractivity contribution in [1.29, 1.82) is 0 Å². The van der Waals surface area contributed by atoms with Crippen molar-refractivity contribution in [3.8, 4) is 11.4 Å². The Morgan fingerprint density at radius 1 is 1.08 bits per heavy atom. The molecular formula is C27H25BrClN5O3S. The van der Waals surface area contributed by atoms with Crippen molar-refractivity contribution in [2.45, 2.75) is 25.5 Å². The van der Waals surface area contributed by atoms with E-state index in [0.29, 0.717) is 28.2 Å². The first-order valence-electron chi connectivity index (χ1n) is 11.7. The van der Waals surface area contributed by atoms with Crippen LogP contribution >= 0.6 is 39.3 Å². The number of rotatable bonds is 10. The number of hydrogen-bond donors (Lipinski definition) is 2. The molecule has 0 aliphatic rings. The van der Waals surface area contributed by atoms with Crippen LogP contribution in [-0.2, 0) is 11.3 Å². The summed E-state index contributed by atoms with van der Waals surface area (Å²) in [5.74, 6) is 0.846. The van der Waals surface area contributed by atoms with E-state index < -0.39 is 0 Å². The molecule has 196 valence electrons. The van der Waals surface area contributed by atoms with Crippen LogP contribution in [0, 0.1) is 6.92 Å². The second-order valence-corrected chi connectivity index (χ2v) is 10.4. The second-order valence-electron chi connectivity index (χ2n) is 8.17. The molecular weight excluding hydrogens is 590 g/mol. The fourth-order valence-electron chi connectivity index (χ4n) is 3.60. The monoisotopic (exact) mass is 613 g/mol. The standard InChI is InChI=1S/C27H25BrClN5O3S/c1-3-37-21-10-8-20(9-11-21)34-24(15-30-26(36)22-14-18(28)7-12-23(22)29)32-33-27(34)38-16-25(35)31-19-6-4-5-17(2)13-19/h4-14H,3,15-16H2,1-2H3,(H,30,36)(H,31,35). The zero-order chi connectivity index (χ0) is 27.1. The lowest BCUT2D eigenvalue weighted by Gasteiger charge is -2.12. The third-order valence-corrected chi connectivity index (χ3v) is 7.07. The lowest BCUT2D eigenvalue weighted by atomic mass is 10.2. The number of thioether (sulfide) groups is 1. The summed E-state index contributed by atoms with van der Waals surface area (Å²) in [6.07, 6.45) is 0. The quantitative estimate of drug-likeness (QED) is 0.211. The number of ether oxygens (including phenoxy) is 1. The van der Waals surface area contributed by atoms with Gasteiger partial charge in [-0.1, -0.05) is 51.4 Å². The van der Waals surface area contributed by atoms with E-state index in [2.05, 4.69) is 36.8 Å². The summed E-state index contributed by atoms with van der Waals surface area (Å²) >= 11 is 10.8. The first-order chi connectivity index (χ1) is 18.3. The molecule has 8 nitrogen and oxygen atoms in total. The molecule has 2 N–H and O–H groups in total. The largest absolute Gasteiger partial charge is 0.494 e. The topological polar surface area (TPSA) is 98.1 Å². The first-order valence-corrected chi connectivity index (χ1v) is 13.9. The van der Waals surface area contributed by atoms with Crippen molar-refractivity contribution in [3.63, 3.8) is 0 Å². The average Bonchev–Trinajstić information content (AvgIpc) is 3.31. The molecule has 1 heterocycles. The van der Waals surface area contributed by atoms with E-state index in [1.165, 1.54) is 11.8 Å². The lowest BCUT2D eigenvalue weighted by molar-refractivity contribution is -0.113. The molecule has 0 saturated heterocycles. The van der Waals surface area contributed by atoms with Gasteiger partial charge >= 0.3 is 0 Å². The Morgan fingerprint density at radius 2 is 1.87 bits per heavy atom. The van der Waals surface area contributed by atoms with E-state index in [1.807, 2.05) is 66.9 Å². The minimum Gasteiger partial charge on any atom is -0.494 e. The highest BCUT2D eigenvalue weighted by Gasteiger charge is 2.18. The van der Waals surface area contributed by atoms with Crippen molar-refractivity contribution >= 4 is 56.8 Å². The van der Waals surface area contributed by atoms with E-state index in [0.717, 1.165) is 27.2 Å². The van der Waals surface area contributed by atoms with Crippen molar-refractivity contribution in [3.05, 3.63) is 93.2 Å². The van der Waals surface area contributed by atoms with Crippen molar-refractivity contribution in [2.24, 2.45) is 0 Å². The molecule has 0 radical (unpaired) electrons. The molecule has 11 heteroatoms. The molecule has 38 heavy (non-hydrogen) atoms. The molecule has 4 rings (SSSR count). The second kappa shape index (κ2) is 12.9. The van der Waals surface area contributed by atoms with Crippen molar-refractivity contribution in [1.82, 2.24) is 20.1 Å². The molecule has 2 amide bonds.